The lowest BCUT2D eigenvalue weighted by Gasteiger charge is -2.05. The van der Waals surface area contributed by atoms with Gasteiger partial charge in [-0.15, -0.1) is 0 Å². The van der Waals surface area contributed by atoms with Gasteiger partial charge in [-0.25, -0.2) is 13.9 Å². The first-order valence-electron chi connectivity index (χ1n) is 5.59. The van der Waals surface area contributed by atoms with Crippen LogP contribution in [0.3, 0.4) is 0 Å². The van der Waals surface area contributed by atoms with Gasteiger partial charge in [0.25, 0.3) is 5.56 Å². The van der Waals surface area contributed by atoms with E-state index in [9.17, 15) is 13.6 Å². The highest BCUT2D eigenvalue weighted by Gasteiger charge is 2.10. The molecule has 0 saturated carbocycles. The number of hydrogen-bond donors (Lipinski definition) is 1. The van der Waals surface area contributed by atoms with E-state index in [2.05, 4.69) is 10.2 Å². The fourth-order valence-corrected chi connectivity index (χ4v) is 1.98. The highest BCUT2D eigenvalue weighted by molar-refractivity contribution is 5.93. The zero-order valence-corrected chi connectivity index (χ0v) is 9.65. The zero-order valence-electron chi connectivity index (χ0n) is 9.65. The van der Waals surface area contributed by atoms with Crippen molar-refractivity contribution in [2.45, 2.75) is 0 Å². The van der Waals surface area contributed by atoms with Gasteiger partial charge in [-0.1, -0.05) is 18.2 Å². The molecule has 0 spiro atoms. The summed E-state index contributed by atoms with van der Waals surface area (Å²) in [4.78, 5) is 11.6. The van der Waals surface area contributed by atoms with Crippen LogP contribution in [0.5, 0.6) is 0 Å². The Kier molecular flexibility index (Phi) is 2.59. The fourth-order valence-electron chi connectivity index (χ4n) is 1.98. The Morgan fingerprint density at radius 1 is 0.947 bits per heavy atom. The summed E-state index contributed by atoms with van der Waals surface area (Å²) in [6, 6.07) is 10.4. The summed E-state index contributed by atoms with van der Waals surface area (Å²) in [6.45, 7) is 0. The van der Waals surface area contributed by atoms with Gasteiger partial charge >= 0.3 is 0 Å². The highest BCUT2D eigenvalue weighted by atomic mass is 19.2. The molecular weight excluding hydrogens is 250 g/mol. The molecule has 3 aromatic rings. The first-order valence-corrected chi connectivity index (χ1v) is 5.59. The zero-order chi connectivity index (χ0) is 13.4. The second-order valence-electron chi connectivity index (χ2n) is 4.08. The van der Waals surface area contributed by atoms with E-state index in [1.54, 1.807) is 24.3 Å². The third-order valence-corrected chi connectivity index (χ3v) is 2.89. The van der Waals surface area contributed by atoms with E-state index in [1.807, 2.05) is 0 Å². The molecule has 0 aliphatic heterocycles. The number of rotatable bonds is 1. The van der Waals surface area contributed by atoms with Gasteiger partial charge in [0.2, 0.25) is 0 Å². The summed E-state index contributed by atoms with van der Waals surface area (Å²) < 4.78 is 26.2. The Morgan fingerprint density at radius 3 is 2.42 bits per heavy atom. The van der Waals surface area contributed by atoms with Crippen molar-refractivity contribution >= 4 is 10.8 Å². The van der Waals surface area contributed by atoms with Crippen LogP contribution < -0.4 is 5.56 Å². The van der Waals surface area contributed by atoms with Gasteiger partial charge in [0.05, 0.1) is 11.1 Å². The molecule has 3 nitrogen and oxygen atoms in total. The maximum atomic E-state index is 13.3. The van der Waals surface area contributed by atoms with E-state index in [-0.39, 0.29) is 5.56 Å². The minimum atomic E-state index is -0.949. The first kappa shape index (κ1) is 11.5. The van der Waals surface area contributed by atoms with Crippen LogP contribution in [-0.2, 0) is 0 Å². The van der Waals surface area contributed by atoms with Crippen molar-refractivity contribution in [1.82, 2.24) is 10.2 Å². The van der Waals surface area contributed by atoms with E-state index in [0.29, 0.717) is 22.0 Å². The predicted octanol–water partition coefficient (Wildman–Crippen LogP) is 2.87. The lowest BCUT2D eigenvalue weighted by Crippen LogP contribution is -2.09. The molecule has 2 aromatic carbocycles. The molecule has 1 heterocycles. The van der Waals surface area contributed by atoms with Crippen LogP contribution in [0.25, 0.3) is 22.0 Å². The van der Waals surface area contributed by atoms with Crippen LogP contribution in [0.4, 0.5) is 8.78 Å². The lowest BCUT2D eigenvalue weighted by molar-refractivity contribution is 0.509. The topological polar surface area (TPSA) is 45.8 Å². The minimum absolute atomic E-state index is 0.318. The molecule has 0 aliphatic carbocycles. The van der Waals surface area contributed by atoms with Gasteiger partial charge in [-0.2, -0.15) is 5.10 Å². The van der Waals surface area contributed by atoms with Crippen LogP contribution in [0.1, 0.15) is 0 Å². The standard InChI is InChI=1S/C14H8F2N2O/c15-11-6-5-8(7-12(11)16)13-9-3-1-2-4-10(9)14(19)18-17-13/h1-7H,(H,18,19). The van der Waals surface area contributed by atoms with Crippen molar-refractivity contribution in [2.75, 3.05) is 0 Å². The van der Waals surface area contributed by atoms with E-state index in [0.717, 1.165) is 12.1 Å². The van der Waals surface area contributed by atoms with E-state index >= 15 is 0 Å². The van der Waals surface area contributed by atoms with Gasteiger partial charge < -0.3 is 0 Å². The molecular formula is C14H8F2N2O. The van der Waals surface area contributed by atoms with Crippen molar-refractivity contribution in [3.8, 4) is 11.3 Å². The van der Waals surface area contributed by atoms with Crippen molar-refractivity contribution in [2.24, 2.45) is 0 Å². The Balaban J connectivity index is 2.34. The van der Waals surface area contributed by atoms with Crippen molar-refractivity contribution in [1.29, 1.82) is 0 Å². The lowest BCUT2D eigenvalue weighted by atomic mass is 10.1. The summed E-state index contributed by atoms with van der Waals surface area (Å²) in [7, 11) is 0. The molecule has 0 fully saturated rings. The van der Waals surface area contributed by atoms with Crippen molar-refractivity contribution in [3.63, 3.8) is 0 Å². The van der Waals surface area contributed by atoms with E-state index in [4.69, 9.17) is 0 Å². The van der Waals surface area contributed by atoms with Gasteiger partial charge in [-0.05, 0) is 24.3 Å². The number of hydrogen-bond acceptors (Lipinski definition) is 2. The summed E-state index contributed by atoms with van der Waals surface area (Å²) in [5.74, 6) is -1.87. The monoisotopic (exact) mass is 258 g/mol. The fraction of sp³-hybridized carbons (Fsp3) is 0. The summed E-state index contributed by atoms with van der Waals surface area (Å²) in [5, 5.41) is 7.32. The molecule has 3 rings (SSSR count). The Morgan fingerprint density at radius 2 is 1.68 bits per heavy atom. The average Bonchev–Trinajstić information content (AvgIpc) is 2.43. The molecule has 5 heteroatoms. The smallest absolute Gasteiger partial charge is 0.267 e. The molecule has 0 radical (unpaired) electrons. The van der Waals surface area contributed by atoms with Gasteiger partial charge in [0, 0.05) is 10.9 Å². The van der Waals surface area contributed by atoms with Crippen LogP contribution in [0.15, 0.2) is 47.3 Å². The maximum Gasteiger partial charge on any atom is 0.272 e. The number of halogens is 2. The number of H-pyrrole nitrogens is 1. The third-order valence-electron chi connectivity index (χ3n) is 2.89. The molecule has 1 N–H and O–H groups in total. The van der Waals surface area contributed by atoms with Crippen LogP contribution in [-0.4, -0.2) is 10.2 Å². The molecule has 0 saturated heterocycles. The van der Waals surface area contributed by atoms with E-state index in [1.165, 1.54) is 6.07 Å². The largest absolute Gasteiger partial charge is 0.272 e. The molecule has 0 amide bonds. The summed E-state index contributed by atoms with van der Waals surface area (Å²) >= 11 is 0. The van der Waals surface area contributed by atoms with Crippen LogP contribution >= 0.6 is 0 Å². The summed E-state index contributed by atoms with van der Waals surface area (Å²) in [6.07, 6.45) is 0. The first-order chi connectivity index (χ1) is 9.16. The third kappa shape index (κ3) is 1.89. The Bertz CT molecular complexity index is 827. The minimum Gasteiger partial charge on any atom is -0.267 e. The number of nitrogens with one attached hydrogen (secondary N) is 1. The van der Waals surface area contributed by atoms with Crippen LogP contribution in [0, 0.1) is 11.6 Å². The number of fused-ring (bicyclic) bond motifs is 1. The van der Waals surface area contributed by atoms with Crippen LogP contribution in [0.2, 0.25) is 0 Å². The Labute approximate surface area is 106 Å². The summed E-state index contributed by atoms with van der Waals surface area (Å²) in [5.41, 5.74) is 0.502. The normalized spacial score (nSPS) is 10.8. The predicted molar refractivity (Wildman–Crippen MR) is 67.7 cm³/mol. The number of benzene rings is 2. The molecule has 0 aliphatic rings. The number of aromatic amines is 1. The molecule has 0 atom stereocenters. The van der Waals surface area contributed by atoms with Crippen molar-refractivity contribution < 1.29 is 8.78 Å². The molecule has 0 bridgehead atoms. The second-order valence-corrected chi connectivity index (χ2v) is 4.08. The van der Waals surface area contributed by atoms with Gasteiger partial charge in [0.15, 0.2) is 11.6 Å². The molecule has 19 heavy (non-hydrogen) atoms. The average molecular weight is 258 g/mol. The van der Waals surface area contributed by atoms with E-state index < -0.39 is 11.6 Å². The molecule has 94 valence electrons. The van der Waals surface area contributed by atoms with Gasteiger partial charge in [-0.3, -0.25) is 4.79 Å². The SMILES string of the molecule is O=c1[nH]nc(-c2ccc(F)c(F)c2)c2ccccc12. The highest BCUT2D eigenvalue weighted by Crippen LogP contribution is 2.25. The second kappa shape index (κ2) is 4.28. The Hall–Kier alpha value is -2.56. The quantitative estimate of drug-likeness (QED) is 0.729. The number of aromatic nitrogens is 2. The molecule has 0 unspecified atom stereocenters. The van der Waals surface area contributed by atoms with Crippen molar-refractivity contribution in [3.05, 3.63) is 64.5 Å². The van der Waals surface area contributed by atoms with Gasteiger partial charge in [0.1, 0.15) is 0 Å². The molecule has 1 aromatic heterocycles. The number of nitrogens with zero attached hydrogens (tertiary/aromatic N) is 1. The maximum absolute atomic E-state index is 13.3.